The van der Waals surface area contributed by atoms with E-state index >= 15 is 0 Å². The number of oxazole rings is 1. The molecule has 0 saturated carbocycles. The molecule has 26 heavy (non-hydrogen) atoms. The molecular formula is C16H13N3O6S. The van der Waals surface area contributed by atoms with Crippen LogP contribution in [0.2, 0.25) is 0 Å². The van der Waals surface area contributed by atoms with E-state index < -0.39 is 20.6 Å². The molecule has 2 N–H and O–H groups in total. The Labute approximate surface area is 148 Å². The summed E-state index contributed by atoms with van der Waals surface area (Å²) in [5, 5.41) is 16.1. The first-order valence-electron chi connectivity index (χ1n) is 7.29. The van der Waals surface area contributed by atoms with E-state index in [1.165, 1.54) is 12.3 Å². The Hall–Kier alpha value is -3.24. The van der Waals surface area contributed by atoms with Crippen LogP contribution in [0, 0.1) is 10.1 Å². The van der Waals surface area contributed by atoms with Crippen molar-refractivity contribution in [2.75, 3.05) is 0 Å². The van der Waals surface area contributed by atoms with Crippen molar-refractivity contribution in [2.24, 2.45) is 5.14 Å². The van der Waals surface area contributed by atoms with Crippen LogP contribution in [-0.4, -0.2) is 18.3 Å². The molecule has 0 spiro atoms. The zero-order chi connectivity index (χ0) is 18.7. The minimum Gasteiger partial charge on any atom is -0.477 e. The fourth-order valence-electron chi connectivity index (χ4n) is 2.19. The van der Waals surface area contributed by atoms with Gasteiger partial charge in [-0.3, -0.25) is 10.1 Å². The fourth-order valence-corrected chi connectivity index (χ4v) is 2.72. The van der Waals surface area contributed by atoms with Gasteiger partial charge in [0.15, 0.2) is 18.1 Å². The molecule has 0 bridgehead atoms. The van der Waals surface area contributed by atoms with E-state index in [1.807, 2.05) is 30.3 Å². The number of nitrogens with zero attached hydrogens (tertiary/aromatic N) is 2. The lowest BCUT2D eigenvalue weighted by Crippen LogP contribution is -2.12. The van der Waals surface area contributed by atoms with Crippen LogP contribution in [0.15, 0.2) is 64.0 Å². The van der Waals surface area contributed by atoms with Gasteiger partial charge in [-0.1, -0.05) is 30.3 Å². The number of ether oxygens (including phenoxy) is 1. The van der Waals surface area contributed by atoms with Crippen molar-refractivity contribution in [1.29, 1.82) is 0 Å². The van der Waals surface area contributed by atoms with Crippen molar-refractivity contribution < 1.29 is 22.5 Å². The topological polar surface area (TPSA) is 139 Å². The van der Waals surface area contributed by atoms with E-state index in [-0.39, 0.29) is 23.1 Å². The van der Waals surface area contributed by atoms with Gasteiger partial charge >= 0.3 is 5.69 Å². The number of aromatic nitrogens is 1. The first-order valence-corrected chi connectivity index (χ1v) is 8.83. The van der Waals surface area contributed by atoms with Gasteiger partial charge in [-0.2, -0.15) is 0 Å². The maximum Gasteiger partial charge on any atom is 0.312 e. The number of sulfonamides is 1. The quantitative estimate of drug-likeness (QED) is 0.516. The number of primary sulfonamides is 1. The maximum absolute atomic E-state index is 11.3. The average Bonchev–Trinajstić information content (AvgIpc) is 3.08. The molecule has 0 atom stereocenters. The van der Waals surface area contributed by atoms with Crippen LogP contribution in [0.3, 0.4) is 0 Å². The normalized spacial score (nSPS) is 11.3. The highest BCUT2D eigenvalue weighted by atomic mass is 32.2. The zero-order valence-corrected chi connectivity index (χ0v) is 14.0. The zero-order valence-electron chi connectivity index (χ0n) is 13.2. The van der Waals surface area contributed by atoms with Crippen LogP contribution in [-0.2, 0) is 16.6 Å². The molecule has 3 rings (SSSR count). The molecule has 1 heterocycles. The van der Waals surface area contributed by atoms with E-state index in [0.29, 0.717) is 5.76 Å². The van der Waals surface area contributed by atoms with Crippen molar-refractivity contribution in [3.63, 3.8) is 0 Å². The van der Waals surface area contributed by atoms with Gasteiger partial charge in [-0.15, -0.1) is 0 Å². The molecular weight excluding hydrogens is 362 g/mol. The average molecular weight is 375 g/mol. The third-order valence-electron chi connectivity index (χ3n) is 3.42. The molecule has 2 aromatic carbocycles. The molecule has 0 fully saturated rings. The SMILES string of the molecule is NS(=O)(=O)c1ccc(OCc2ncc(-c3ccccc3)o2)c([N+](=O)[O-])c1. The van der Waals surface area contributed by atoms with Crippen molar-refractivity contribution in [3.05, 3.63) is 70.7 Å². The lowest BCUT2D eigenvalue weighted by molar-refractivity contribution is -0.386. The van der Waals surface area contributed by atoms with E-state index in [2.05, 4.69) is 4.98 Å². The van der Waals surface area contributed by atoms with Crippen LogP contribution in [0.1, 0.15) is 5.89 Å². The maximum atomic E-state index is 11.3. The van der Waals surface area contributed by atoms with Crippen LogP contribution in [0.4, 0.5) is 5.69 Å². The number of nitrogens with two attached hydrogens (primary N) is 1. The van der Waals surface area contributed by atoms with Crippen LogP contribution < -0.4 is 9.88 Å². The highest BCUT2D eigenvalue weighted by Crippen LogP contribution is 2.30. The monoisotopic (exact) mass is 375 g/mol. The summed E-state index contributed by atoms with van der Waals surface area (Å²) in [5.41, 5.74) is 0.307. The third-order valence-corrected chi connectivity index (χ3v) is 4.33. The van der Waals surface area contributed by atoms with Crippen LogP contribution >= 0.6 is 0 Å². The standard InChI is InChI=1S/C16H13N3O6S/c17-26(22,23)12-6-7-14(13(8-12)19(20)21)24-10-16-18-9-15(25-16)11-4-2-1-3-5-11/h1-9H,10H2,(H2,17,22,23). The molecule has 3 aromatic rings. The lowest BCUT2D eigenvalue weighted by atomic mass is 10.2. The highest BCUT2D eigenvalue weighted by molar-refractivity contribution is 7.89. The van der Waals surface area contributed by atoms with Crippen molar-refractivity contribution in [2.45, 2.75) is 11.5 Å². The minimum absolute atomic E-state index is 0.123. The number of rotatable bonds is 6. The summed E-state index contributed by atoms with van der Waals surface area (Å²) in [6.45, 7) is -0.164. The van der Waals surface area contributed by atoms with E-state index in [9.17, 15) is 18.5 Å². The Balaban J connectivity index is 1.80. The molecule has 0 aliphatic heterocycles. The summed E-state index contributed by atoms with van der Waals surface area (Å²) in [5.74, 6) is 0.624. The molecule has 10 heteroatoms. The Bertz CT molecular complexity index is 1050. The van der Waals surface area contributed by atoms with Crippen molar-refractivity contribution in [3.8, 4) is 17.1 Å². The molecule has 0 unspecified atom stereocenters. The van der Waals surface area contributed by atoms with Crippen molar-refractivity contribution >= 4 is 15.7 Å². The molecule has 0 aliphatic carbocycles. The van der Waals surface area contributed by atoms with Gasteiger partial charge in [0.05, 0.1) is 16.0 Å². The van der Waals surface area contributed by atoms with Gasteiger partial charge in [-0.25, -0.2) is 18.5 Å². The van der Waals surface area contributed by atoms with Gasteiger partial charge in [0.1, 0.15) is 0 Å². The summed E-state index contributed by atoms with van der Waals surface area (Å²) in [7, 11) is -4.06. The Morgan fingerprint density at radius 2 is 1.92 bits per heavy atom. The summed E-state index contributed by atoms with van der Waals surface area (Å²) in [6.07, 6.45) is 1.52. The van der Waals surface area contributed by atoms with Gasteiger partial charge < -0.3 is 9.15 Å². The third kappa shape index (κ3) is 3.87. The van der Waals surface area contributed by atoms with Gasteiger partial charge in [0.25, 0.3) is 0 Å². The molecule has 0 amide bonds. The summed E-state index contributed by atoms with van der Waals surface area (Å²) in [6, 6.07) is 12.4. The van der Waals surface area contributed by atoms with Crippen LogP contribution in [0.25, 0.3) is 11.3 Å². The Kier molecular flexibility index (Phi) is 4.69. The number of hydrogen-bond acceptors (Lipinski definition) is 7. The van der Waals surface area contributed by atoms with E-state index in [4.69, 9.17) is 14.3 Å². The van der Waals surface area contributed by atoms with Crippen molar-refractivity contribution in [1.82, 2.24) is 4.98 Å². The van der Waals surface area contributed by atoms with Gasteiger partial charge in [0, 0.05) is 11.6 Å². The molecule has 0 saturated heterocycles. The van der Waals surface area contributed by atoms with Crippen LogP contribution in [0.5, 0.6) is 5.75 Å². The number of nitro benzene ring substituents is 1. The molecule has 9 nitrogen and oxygen atoms in total. The largest absolute Gasteiger partial charge is 0.477 e. The number of hydrogen-bond donors (Lipinski definition) is 1. The lowest BCUT2D eigenvalue weighted by Gasteiger charge is -2.06. The summed E-state index contributed by atoms with van der Waals surface area (Å²) >= 11 is 0. The number of nitro groups is 1. The van der Waals surface area contributed by atoms with E-state index in [1.54, 1.807) is 0 Å². The fraction of sp³-hybridized carbons (Fsp3) is 0.0625. The Morgan fingerprint density at radius 1 is 1.19 bits per heavy atom. The molecule has 0 aliphatic rings. The smallest absolute Gasteiger partial charge is 0.312 e. The Morgan fingerprint density at radius 3 is 2.58 bits per heavy atom. The summed E-state index contributed by atoms with van der Waals surface area (Å²) in [4.78, 5) is 14.1. The second kappa shape index (κ2) is 6.94. The minimum atomic E-state index is -4.06. The van der Waals surface area contributed by atoms with E-state index in [0.717, 1.165) is 17.7 Å². The molecule has 1 aromatic heterocycles. The second-order valence-corrected chi connectivity index (χ2v) is 6.77. The second-order valence-electron chi connectivity index (χ2n) is 5.20. The first-order chi connectivity index (χ1) is 12.3. The van der Waals surface area contributed by atoms with Gasteiger partial charge in [-0.05, 0) is 12.1 Å². The predicted octanol–water partition coefficient (Wildman–Crippen LogP) is 2.48. The number of benzene rings is 2. The molecule has 134 valence electrons. The predicted molar refractivity (Wildman–Crippen MR) is 90.7 cm³/mol. The van der Waals surface area contributed by atoms with Gasteiger partial charge in [0.2, 0.25) is 15.9 Å². The first kappa shape index (κ1) is 17.6. The summed E-state index contributed by atoms with van der Waals surface area (Å²) < 4.78 is 33.6. The molecule has 0 radical (unpaired) electrons. The highest BCUT2D eigenvalue weighted by Gasteiger charge is 2.20.